The molecular formula is C25H33NO3. The molecule has 1 saturated carbocycles. The standard InChI is InChI=1S/C25H33NO3/c27-22(18-28-23-9-2-1-3-10-23)17-26-21-8-6-7-19-13-14-25(16-20(19)15-21)29-24-11-4-5-12-24/h1-3,9-10,13-14,16,21-22,24,26-27H,4-8,11-12,15,17-18H2/t21?,22-/m0/s1. The molecule has 0 amide bonds. The van der Waals surface area contributed by atoms with Crippen LogP contribution < -0.4 is 14.8 Å². The van der Waals surface area contributed by atoms with Crippen LogP contribution >= 0.6 is 0 Å². The Kier molecular flexibility index (Phi) is 7.07. The predicted octanol–water partition coefficient (Wildman–Crippen LogP) is 4.28. The van der Waals surface area contributed by atoms with Crippen LogP contribution in [0.4, 0.5) is 0 Å². The number of aliphatic hydroxyl groups excluding tert-OH is 1. The van der Waals surface area contributed by atoms with E-state index in [1.165, 1.54) is 43.2 Å². The Morgan fingerprint density at radius 3 is 2.59 bits per heavy atom. The van der Waals surface area contributed by atoms with E-state index in [1.807, 2.05) is 30.3 Å². The van der Waals surface area contributed by atoms with Crippen LogP contribution in [-0.4, -0.2) is 36.5 Å². The Bertz CT molecular complexity index is 758. The van der Waals surface area contributed by atoms with Crippen molar-refractivity contribution in [3.05, 3.63) is 59.7 Å². The molecule has 1 fully saturated rings. The van der Waals surface area contributed by atoms with Gasteiger partial charge in [0.05, 0.1) is 6.10 Å². The zero-order valence-electron chi connectivity index (χ0n) is 17.2. The summed E-state index contributed by atoms with van der Waals surface area (Å²) in [5.74, 6) is 1.82. The average molecular weight is 396 g/mol. The van der Waals surface area contributed by atoms with Gasteiger partial charge in [0.1, 0.15) is 24.2 Å². The van der Waals surface area contributed by atoms with Gasteiger partial charge in [0.15, 0.2) is 0 Å². The molecule has 0 bridgehead atoms. The molecule has 0 aliphatic heterocycles. The fourth-order valence-corrected chi connectivity index (χ4v) is 4.46. The molecule has 2 atom stereocenters. The van der Waals surface area contributed by atoms with Gasteiger partial charge in [-0.25, -0.2) is 0 Å². The second kappa shape index (κ2) is 10.1. The normalized spacial score (nSPS) is 20.7. The number of aryl methyl sites for hydroxylation is 1. The summed E-state index contributed by atoms with van der Waals surface area (Å²) >= 11 is 0. The monoisotopic (exact) mass is 395 g/mol. The van der Waals surface area contributed by atoms with Crippen molar-refractivity contribution in [2.24, 2.45) is 0 Å². The molecule has 0 spiro atoms. The highest BCUT2D eigenvalue weighted by Gasteiger charge is 2.20. The van der Waals surface area contributed by atoms with E-state index in [2.05, 4.69) is 23.5 Å². The first-order valence-corrected chi connectivity index (χ1v) is 11.1. The lowest BCUT2D eigenvalue weighted by Gasteiger charge is -2.20. The molecule has 4 rings (SSSR count). The first-order chi connectivity index (χ1) is 14.3. The SMILES string of the molecule is O[C@@H](CNC1CCCc2ccc(OC3CCCC3)cc2C1)COc1ccccc1. The van der Waals surface area contributed by atoms with Crippen molar-refractivity contribution in [1.29, 1.82) is 0 Å². The second-order valence-corrected chi connectivity index (χ2v) is 8.43. The first-order valence-electron chi connectivity index (χ1n) is 11.1. The number of para-hydroxylation sites is 1. The fraction of sp³-hybridized carbons (Fsp3) is 0.520. The molecule has 4 nitrogen and oxygen atoms in total. The molecule has 2 aromatic carbocycles. The van der Waals surface area contributed by atoms with Crippen LogP contribution in [0.5, 0.6) is 11.5 Å². The van der Waals surface area contributed by atoms with Crippen LogP contribution in [-0.2, 0) is 12.8 Å². The van der Waals surface area contributed by atoms with E-state index in [0.717, 1.165) is 30.8 Å². The minimum absolute atomic E-state index is 0.305. The number of nitrogens with one attached hydrogen (secondary N) is 1. The van der Waals surface area contributed by atoms with Crippen LogP contribution in [0.25, 0.3) is 0 Å². The van der Waals surface area contributed by atoms with Gasteiger partial charge in [0, 0.05) is 12.6 Å². The summed E-state index contributed by atoms with van der Waals surface area (Å²) in [6.07, 6.45) is 9.23. The highest BCUT2D eigenvalue weighted by atomic mass is 16.5. The van der Waals surface area contributed by atoms with Crippen LogP contribution in [0.3, 0.4) is 0 Å². The number of ether oxygens (including phenoxy) is 2. The molecule has 29 heavy (non-hydrogen) atoms. The lowest BCUT2D eigenvalue weighted by atomic mass is 10.0. The molecule has 1 unspecified atom stereocenters. The van der Waals surface area contributed by atoms with Gasteiger partial charge in [-0.1, -0.05) is 24.3 Å². The molecule has 0 aromatic heterocycles. The summed E-state index contributed by atoms with van der Waals surface area (Å²) < 4.78 is 11.9. The van der Waals surface area contributed by atoms with E-state index >= 15 is 0 Å². The molecule has 156 valence electrons. The van der Waals surface area contributed by atoms with Gasteiger partial charge in [-0.15, -0.1) is 0 Å². The minimum Gasteiger partial charge on any atom is -0.491 e. The fourth-order valence-electron chi connectivity index (χ4n) is 4.46. The van der Waals surface area contributed by atoms with Crippen molar-refractivity contribution in [3.8, 4) is 11.5 Å². The van der Waals surface area contributed by atoms with Gasteiger partial charge in [-0.3, -0.25) is 0 Å². The van der Waals surface area contributed by atoms with Crippen molar-refractivity contribution in [2.75, 3.05) is 13.2 Å². The topological polar surface area (TPSA) is 50.7 Å². The maximum Gasteiger partial charge on any atom is 0.120 e. The molecule has 0 radical (unpaired) electrons. The van der Waals surface area contributed by atoms with Crippen molar-refractivity contribution in [2.45, 2.75) is 69.6 Å². The molecule has 0 saturated heterocycles. The maximum absolute atomic E-state index is 10.3. The van der Waals surface area contributed by atoms with E-state index < -0.39 is 6.10 Å². The van der Waals surface area contributed by atoms with Crippen molar-refractivity contribution in [3.63, 3.8) is 0 Å². The zero-order chi connectivity index (χ0) is 19.9. The number of fused-ring (bicyclic) bond motifs is 1. The minimum atomic E-state index is -0.519. The Balaban J connectivity index is 1.28. The van der Waals surface area contributed by atoms with Gasteiger partial charge >= 0.3 is 0 Å². The van der Waals surface area contributed by atoms with Gasteiger partial charge < -0.3 is 19.9 Å². The van der Waals surface area contributed by atoms with Crippen molar-refractivity contribution in [1.82, 2.24) is 5.32 Å². The van der Waals surface area contributed by atoms with E-state index in [-0.39, 0.29) is 0 Å². The number of rotatable bonds is 8. The summed E-state index contributed by atoms with van der Waals surface area (Å²) in [6.45, 7) is 0.852. The van der Waals surface area contributed by atoms with Crippen molar-refractivity contribution < 1.29 is 14.6 Å². The molecule has 2 aliphatic carbocycles. The van der Waals surface area contributed by atoms with Gasteiger partial charge in [-0.05, 0) is 86.8 Å². The van der Waals surface area contributed by atoms with Crippen LogP contribution in [0.15, 0.2) is 48.5 Å². The highest BCUT2D eigenvalue weighted by molar-refractivity contribution is 5.37. The third kappa shape index (κ3) is 5.97. The Hall–Kier alpha value is -2.04. The molecule has 0 heterocycles. The number of hydrogen-bond donors (Lipinski definition) is 2. The van der Waals surface area contributed by atoms with E-state index in [9.17, 15) is 5.11 Å². The molecule has 2 aliphatic rings. The van der Waals surface area contributed by atoms with Crippen LogP contribution in [0.2, 0.25) is 0 Å². The highest BCUT2D eigenvalue weighted by Crippen LogP contribution is 2.28. The Morgan fingerprint density at radius 2 is 1.76 bits per heavy atom. The summed E-state index contributed by atoms with van der Waals surface area (Å²) in [6, 6.07) is 16.7. The summed E-state index contributed by atoms with van der Waals surface area (Å²) in [4.78, 5) is 0. The van der Waals surface area contributed by atoms with E-state index in [0.29, 0.717) is 25.3 Å². The quantitative estimate of drug-likeness (QED) is 0.655. The van der Waals surface area contributed by atoms with E-state index in [4.69, 9.17) is 9.47 Å². The summed E-state index contributed by atoms with van der Waals surface area (Å²) in [7, 11) is 0. The lowest BCUT2D eigenvalue weighted by Crippen LogP contribution is -2.39. The van der Waals surface area contributed by atoms with Crippen molar-refractivity contribution >= 4 is 0 Å². The Labute approximate surface area is 174 Å². The van der Waals surface area contributed by atoms with Crippen LogP contribution in [0, 0.1) is 0 Å². The zero-order valence-corrected chi connectivity index (χ0v) is 17.2. The number of hydrogen-bond acceptors (Lipinski definition) is 4. The van der Waals surface area contributed by atoms with E-state index in [1.54, 1.807) is 0 Å². The summed E-state index contributed by atoms with van der Waals surface area (Å²) in [5, 5.41) is 13.9. The summed E-state index contributed by atoms with van der Waals surface area (Å²) in [5.41, 5.74) is 2.84. The smallest absolute Gasteiger partial charge is 0.120 e. The predicted molar refractivity (Wildman–Crippen MR) is 116 cm³/mol. The van der Waals surface area contributed by atoms with Crippen LogP contribution in [0.1, 0.15) is 49.7 Å². The largest absolute Gasteiger partial charge is 0.491 e. The number of benzene rings is 2. The Morgan fingerprint density at radius 1 is 0.931 bits per heavy atom. The first kappa shape index (κ1) is 20.2. The molecule has 4 heteroatoms. The third-order valence-corrected chi connectivity index (χ3v) is 6.08. The lowest BCUT2D eigenvalue weighted by molar-refractivity contribution is 0.103. The average Bonchev–Trinajstić information content (AvgIpc) is 3.16. The second-order valence-electron chi connectivity index (χ2n) is 8.43. The molecule has 2 N–H and O–H groups in total. The van der Waals surface area contributed by atoms with Gasteiger partial charge in [0.25, 0.3) is 0 Å². The van der Waals surface area contributed by atoms with Gasteiger partial charge in [-0.2, -0.15) is 0 Å². The molecule has 2 aromatic rings. The molecular weight excluding hydrogens is 362 g/mol. The van der Waals surface area contributed by atoms with Gasteiger partial charge in [0.2, 0.25) is 0 Å². The maximum atomic E-state index is 10.3. The third-order valence-electron chi connectivity index (χ3n) is 6.08. The number of aliphatic hydroxyl groups is 1.